The predicted octanol–water partition coefficient (Wildman–Crippen LogP) is 4.55. The minimum Gasteiger partial charge on any atom is -0.377 e. The van der Waals surface area contributed by atoms with Crippen molar-refractivity contribution >= 4 is 40.6 Å². The van der Waals surface area contributed by atoms with E-state index >= 15 is 0 Å². The third kappa shape index (κ3) is 5.40. The third-order valence-corrected chi connectivity index (χ3v) is 5.80. The van der Waals surface area contributed by atoms with Gasteiger partial charge in [-0.15, -0.1) is 0 Å². The number of anilines is 2. The van der Waals surface area contributed by atoms with Crippen molar-refractivity contribution in [3.8, 4) is 0 Å². The zero-order chi connectivity index (χ0) is 18.4. The average molecular weight is 390 g/mol. The first-order chi connectivity index (χ1) is 12.6. The Hall–Kier alpha value is -1.69. The van der Waals surface area contributed by atoms with Crippen LogP contribution < -0.4 is 16.0 Å². The van der Waals surface area contributed by atoms with Crippen LogP contribution in [-0.2, 0) is 4.79 Å². The second kappa shape index (κ2) is 9.31. The van der Waals surface area contributed by atoms with E-state index in [2.05, 4.69) is 35.0 Å². The van der Waals surface area contributed by atoms with E-state index in [1.165, 1.54) is 5.56 Å². The SMILES string of the molecule is CC(Nc1ccc(NC(=O)CC2CSCCN2)cc1Cl)c1ccccc1. The van der Waals surface area contributed by atoms with Gasteiger partial charge in [0.1, 0.15) is 0 Å². The zero-order valence-electron chi connectivity index (χ0n) is 14.8. The molecule has 0 bridgehead atoms. The van der Waals surface area contributed by atoms with E-state index in [-0.39, 0.29) is 18.0 Å². The van der Waals surface area contributed by atoms with Crippen molar-refractivity contribution < 1.29 is 4.79 Å². The number of carbonyl (C=O) groups excluding carboxylic acids is 1. The van der Waals surface area contributed by atoms with Gasteiger partial charge in [-0.25, -0.2) is 0 Å². The highest BCUT2D eigenvalue weighted by atomic mass is 35.5. The fourth-order valence-corrected chi connectivity index (χ4v) is 4.14. The van der Waals surface area contributed by atoms with Crippen molar-refractivity contribution in [2.75, 3.05) is 28.7 Å². The van der Waals surface area contributed by atoms with Crippen LogP contribution in [0.1, 0.15) is 24.9 Å². The molecule has 3 rings (SSSR count). The normalized spacial score (nSPS) is 18.2. The van der Waals surface area contributed by atoms with Gasteiger partial charge in [0.25, 0.3) is 0 Å². The summed E-state index contributed by atoms with van der Waals surface area (Å²) in [6.07, 6.45) is 0.482. The van der Waals surface area contributed by atoms with Gasteiger partial charge in [-0.1, -0.05) is 41.9 Å². The smallest absolute Gasteiger partial charge is 0.225 e. The summed E-state index contributed by atoms with van der Waals surface area (Å²) in [7, 11) is 0. The molecule has 1 heterocycles. The van der Waals surface area contributed by atoms with Crippen LogP contribution in [0.3, 0.4) is 0 Å². The standard InChI is InChI=1S/C20H24ClN3OS/c1-14(15-5-3-2-4-6-15)23-19-8-7-16(11-18(19)21)24-20(25)12-17-13-26-10-9-22-17/h2-8,11,14,17,22-23H,9-10,12-13H2,1H3,(H,24,25). The number of hydrogen-bond donors (Lipinski definition) is 3. The Labute approximate surface area is 164 Å². The third-order valence-electron chi connectivity index (χ3n) is 4.35. The molecule has 26 heavy (non-hydrogen) atoms. The maximum absolute atomic E-state index is 12.2. The fourth-order valence-electron chi connectivity index (χ4n) is 2.95. The van der Waals surface area contributed by atoms with Crippen LogP contribution in [0, 0.1) is 0 Å². The maximum atomic E-state index is 12.2. The Balaban J connectivity index is 1.57. The molecule has 1 saturated heterocycles. The largest absolute Gasteiger partial charge is 0.377 e. The Morgan fingerprint density at radius 2 is 2.12 bits per heavy atom. The van der Waals surface area contributed by atoms with Crippen LogP contribution in [0.15, 0.2) is 48.5 Å². The number of nitrogens with one attached hydrogen (secondary N) is 3. The topological polar surface area (TPSA) is 53.2 Å². The molecule has 0 saturated carbocycles. The molecule has 6 heteroatoms. The lowest BCUT2D eigenvalue weighted by Gasteiger charge is -2.22. The van der Waals surface area contributed by atoms with Gasteiger partial charge in [0, 0.05) is 42.2 Å². The van der Waals surface area contributed by atoms with Crippen LogP contribution >= 0.6 is 23.4 Å². The highest BCUT2D eigenvalue weighted by Crippen LogP contribution is 2.29. The molecule has 2 atom stereocenters. The molecule has 1 amide bonds. The summed E-state index contributed by atoms with van der Waals surface area (Å²) in [5.41, 5.74) is 2.77. The molecule has 2 aromatic carbocycles. The first-order valence-electron chi connectivity index (χ1n) is 8.84. The molecule has 2 unspecified atom stereocenters. The maximum Gasteiger partial charge on any atom is 0.225 e. The van der Waals surface area contributed by atoms with Gasteiger partial charge in [-0.05, 0) is 30.7 Å². The molecule has 0 spiro atoms. The van der Waals surface area contributed by atoms with Crippen molar-refractivity contribution in [1.29, 1.82) is 0 Å². The molecular weight excluding hydrogens is 366 g/mol. The van der Waals surface area contributed by atoms with Gasteiger partial charge in [-0.3, -0.25) is 4.79 Å². The number of halogens is 1. The Kier molecular flexibility index (Phi) is 6.83. The Morgan fingerprint density at radius 3 is 2.81 bits per heavy atom. The lowest BCUT2D eigenvalue weighted by atomic mass is 10.1. The van der Waals surface area contributed by atoms with Gasteiger partial charge < -0.3 is 16.0 Å². The Bertz CT molecular complexity index is 735. The summed E-state index contributed by atoms with van der Waals surface area (Å²) in [6.45, 7) is 3.06. The van der Waals surface area contributed by atoms with E-state index < -0.39 is 0 Å². The molecule has 0 radical (unpaired) electrons. The quantitative estimate of drug-likeness (QED) is 0.678. The molecule has 3 N–H and O–H groups in total. The number of benzene rings is 2. The lowest BCUT2D eigenvalue weighted by Crippen LogP contribution is -2.39. The molecule has 2 aromatic rings. The fraction of sp³-hybridized carbons (Fsp3) is 0.350. The van der Waals surface area contributed by atoms with Crippen LogP contribution in [-0.4, -0.2) is 30.0 Å². The van der Waals surface area contributed by atoms with Crippen molar-refractivity contribution in [2.45, 2.75) is 25.4 Å². The second-order valence-corrected chi connectivity index (χ2v) is 8.01. The van der Waals surface area contributed by atoms with Crippen LogP contribution in [0.2, 0.25) is 5.02 Å². The summed E-state index contributed by atoms with van der Waals surface area (Å²) in [5.74, 6) is 2.11. The number of carbonyl (C=O) groups is 1. The van der Waals surface area contributed by atoms with Crippen molar-refractivity contribution in [2.24, 2.45) is 0 Å². The van der Waals surface area contributed by atoms with Gasteiger partial charge in [0.15, 0.2) is 0 Å². The van der Waals surface area contributed by atoms with E-state index in [1.54, 1.807) is 6.07 Å². The molecule has 0 aliphatic carbocycles. The summed E-state index contributed by atoms with van der Waals surface area (Å²) < 4.78 is 0. The molecule has 1 aliphatic rings. The highest BCUT2D eigenvalue weighted by Gasteiger charge is 2.17. The lowest BCUT2D eigenvalue weighted by molar-refractivity contribution is -0.116. The summed E-state index contributed by atoms with van der Waals surface area (Å²) in [6, 6.07) is 16.2. The number of rotatable bonds is 6. The predicted molar refractivity (Wildman–Crippen MR) is 112 cm³/mol. The van der Waals surface area contributed by atoms with Gasteiger partial charge in [0.2, 0.25) is 5.91 Å². The molecule has 4 nitrogen and oxygen atoms in total. The van der Waals surface area contributed by atoms with Crippen molar-refractivity contribution in [3.05, 3.63) is 59.1 Å². The van der Waals surface area contributed by atoms with E-state index in [4.69, 9.17) is 11.6 Å². The molecule has 1 fully saturated rings. The van der Waals surface area contributed by atoms with Crippen LogP contribution in [0.25, 0.3) is 0 Å². The van der Waals surface area contributed by atoms with Gasteiger partial charge in [0.05, 0.1) is 10.7 Å². The molecule has 0 aromatic heterocycles. The first-order valence-corrected chi connectivity index (χ1v) is 10.4. The summed E-state index contributed by atoms with van der Waals surface area (Å²) in [5, 5.41) is 10.3. The number of hydrogen-bond acceptors (Lipinski definition) is 4. The van der Waals surface area contributed by atoms with Crippen molar-refractivity contribution in [1.82, 2.24) is 5.32 Å². The Morgan fingerprint density at radius 1 is 1.31 bits per heavy atom. The minimum atomic E-state index is 0.0134. The number of thioether (sulfide) groups is 1. The first kappa shape index (κ1) is 19.1. The van der Waals surface area contributed by atoms with Crippen LogP contribution in [0.4, 0.5) is 11.4 Å². The molecule has 1 aliphatic heterocycles. The van der Waals surface area contributed by atoms with Crippen molar-refractivity contribution in [3.63, 3.8) is 0 Å². The van der Waals surface area contributed by atoms with Gasteiger partial charge in [-0.2, -0.15) is 11.8 Å². The molecule has 138 valence electrons. The summed E-state index contributed by atoms with van der Waals surface area (Å²) in [4.78, 5) is 12.2. The van der Waals surface area contributed by atoms with E-state index in [1.807, 2.05) is 42.1 Å². The minimum absolute atomic E-state index is 0.0134. The second-order valence-electron chi connectivity index (χ2n) is 6.45. The monoisotopic (exact) mass is 389 g/mol. The highest BCUT2D eigenvalue weighted by molar-refractivity contribution is 7.99. The van der Waals surface area contributed by atoms with Crippen LogP contribution in [0.5, 0.6) is 0 Å². The number of amides is 1. The van der Waals surface area contributed by atoms with Gasteiger partial charge >= 0.3 is 0 Å². The van der Waals surface area contributed by atoms with E-state index in [0.717, 1.165) is 29.4 Å². The van der Waals surface area contributed by atoms with E-state index in [0.29, 0.717) is 11.4 Å². The zero-order valence-corrected chi connectivity index (χ0v) is 16.4. The van der Waals surface area contributed by atoms with E-state index in [9.17, 15) is 4.79 Å². The average Bonchev–Trinajstić information content (AvgIpc) is 2.65. The molecular formula is C20H24ClN3OS. The summed E-state index contributed by atoms with van der Waals surface area (Å²) >= 11 is 8.29.